The largest absolute Gasteiger partial charge is 0.497 e. The lowest BCUT2D eigenvalue weighted by Gasteiger charge is -2.05. The maximum absolute atomic E-state index is 13.7. The van der Waals surface area contributed by atoms with Crippen molar-refractivity contribution in [3.05, 3.63) is 65.6 Å². The van der Waals surface area contributed by atoms with E-state index in [2.05, 4.69) is 15.5 Å². The van der Waals surface area contributed by atoms with E-state index in [9.17, 15) is 9.18 Å². The Hall–Kier alpha value is -3.15. The number of hydrogen-bond acceptors (Lipinski definition) is 3. The van der Waals surface area contributed by atoms with Gasteiger partial charge in [0.15, 0.2) is 0 Å². The van der Waals surface area contributed by atoms with Crippen LogP contribution in [0.2, 0.25) is 0 Å². The number of aromatic nitrogens is 2. The Morgan fingerprint density at radius 3 is 2.83 bits per heavy atom. The molecule has 0 spiro atoms. The lowest BCUT2D eigenvalue weighted by atomic mass is 10.1. The zero-order valence-corrected chi connectivity index (χ0v) is 13.3. The van der Waals surface area contributed by atoms with Crippen LogP contribution in [0, 0.1) is 12.7 Å². The van der Waals surface area contributed by atoms with Gasteiger partial charge in [-0.05, 0) is 42.8 Å². The van der Waals surface area contributed by atoms with Gasteiger partial charge >= 0.3 is 0 Å². The van der Waals surface area contributed by atoms with E-state index >= 15 is 0 Å². The third-order valence-electron chi connectivity index (χ3n) is 3.56. The lowest BCUT2D eigenvalue weighted by molar-refractivity contribution is 0.102. The third kappa shape index (κ3) is 3.27. The van der Waals surface area contributed by atoms with Crippen molar-refractivity contribution in [3.63, 3.8) is 0 Å². The molecule has 2 aromatic carbocycles. The summed E-state index contributed by atoms with van der Waals surface area (Å²) in [5.41, 5.74) is 2.65. The second-order valence-electron chi connectivity index (χ2n) is 5.34. The van der Waals surface area contributed by atoms with E-state index in [0.717, 1.165) is 11.1 Å². The van der Waals surface area contributed by atoms with Gasteiger partial charge in [-0.25, -0.2) is 4.39 Å². The van der Waals surface area contributed by atoms with Gasteiger partial charge in [0.2, 0.25) is 0 Å². The number of nitrogens with zero attached hydrogens (tertiary/aromatic N) is 1. The Labute approximate surface area is 138 Å². The molecule has 5 nitrogen and oxygen atoms in total. The lowest BCUT2D eigenvalue weighted by Crippen LogP contribution is -2.13. The minimum Gasteiger partial charge on any atom is -0.497 e. The second-order valence-corrected chi connectivity index (χ2v) is 5.34. The monoisotopic (exact) mass is 325 g/mol. The predicted octanol–water partition coefficient (Wildman–Crippen LogP) is 3.79. The Morgan fingerprint density at radius 2 is 2.04 bits per heavy atom. The number of carbonyl (C=O) groups is 1. The Kier molecular flexibility index (Phi) is 4.29. The number of aromatic amines is 1. The average Bonchev–Trinajstić information content (AvgIpc) is 3.08. The van der Waals surface area contributed by atoms with Gasteiger partial charge in [-0.15, -0.1) is 0 Å². The minimum atomic E-state index is -0.485. The molecule has 0 aliphatic rings. The molecule has 6 heteroatoms. The van der Waals surface area contributed by atoms with Crippen LogP contribution in [-0.2, 0) is 0 Å². The van der Waals surface area contributed by atoms with Crippen LogP contribution in [0.3, 0.4) is 0 Å². The highest BCUT2D eigenvalue weighted by molar-refractivity contribution is 6.03. The van der Waals surface area contributed by atoms with Gasteiger partial charge in [0, 0.05) is 5.56 Å². The van der Waals surface area contributed by atoms with Gasteiger partial charge in [-0.2, -0.15) is 5.10 Å². The summed E-state index contributed by atoms with van der Waals surface area (Å²) in [4.78, 5) is 12.3. The molecule has 0 saturated heterocycles. The summed E-state index contributed by atoms with van der Waals surface area (Å²) in [6.45, 7) is 1.83. The van der Waals surface area contributed by atoms with E-state index in [-0.39, 0.29) is 11.4 Å². The van der Waals surface area contributed by atoms with Crippen LogP contribution in [0.4, 0.5) is 10.1 Å². The molecule has 122 valence electrons. The van der Waals surface area contributed by atoms with E-state index in [4.69, 9.17) is 4.74 Å². The minimum absolute atomic E-state index is 0.137. The molecule has 0 fully saturated rings. The molecule has 24 heavy (non-hydrogen) atoms. The molecule has 0 radical (unpaired) electrons. The van der Waals surface area contributed by atoms with Crippen molar-refractivity contribution in [2.75, 3.05) is 12.4 Å². The molecule has 0 saturated carbocycles. The summed E-state index contributed by atoms with van der Waals surface area (Å²) >= 11 is 0. The molecule has 1 amide bonds. The van der Waals surface area contributed by atoms with Crippen molar-refractivity contribution in [1.29, 1.82) is 0 Å². The molecule has 2 N–H and O–H groups in total. The average molecular weight is 325 g/mol. The number of benzene rings is 2. The molecule has 3 aromatic rings. The summed E-state index contributed by atoms with van der Waals surface area (Å²) in [5, 5.41) is 9.34. The van der Waals surface area contributed by atoms with Crippen LogP contribution in [0.1, 0.15) is 16.1 Å². The zero-order valence-electron chi connectivity index (χ0n) is 13.3. The third-order valence-corrected chi connectivity index (χ3v) is 3.56. The first-order valence-electron chi connectivity index (χ1n) is 7.34. The molecule has 0 aliphatic carbocycles. The molecule has 3 rings (SSSR count). The number of nitrogens with one attached hydrogen (secondary N) is 2. The highest BCUT2D eigenvalue weighted by atomic mass is 19.1. The summed E-state index contributed by atoms with van der Waals surface area (Å²) in [6.07, 6.45) is 0. The number of aryl methyl sites for hydroxylation is 1. The van der Waals surface area contributed by atoms with Crippen molar-refractivity contribution >= 4 is 11.6 Å². The van der Waals surface area contributed by atoms with Crippen LogP contribution in [0.15, 0.2) is 48.5 Å². The first kappa shape index (κ1) is 15.7. The molecular weight excluding hydrogens is 309 g/mol. The van der Waals surface area contributed by atoms with Gasteiger partial charge in [0.05, 0.1) is 18.5 Å². The summed E-state index contributed by atoms with van der Waals surface area (Å²) in [5.74, 6) is -0.244. The smallest absolute Gasteiger partial charge is 0.273 e. The maximum atomic E-state index is 13.7. The Bertz CT molecular complexity index is 889. The molecule has 0 atom stereocenters. The van der Waals surface area contributed by atoms with Crippen LogP contribution in [-0.4, -0.2) is 23.2 Å². The number of halogens is 1. The SMILES string of the molecule is COc1cccc(-c2cc(C(=O)Nc3cc(C)ccc3F)[nH]n2)c1. The fraction of sp³-hybridized carbons (Fsp3) is 0.111. The molecule has 0 aliphatic heterocycles. The Morgan fingerprint density at radius 1 is 1.21 bits per heavy atom. The van der Waals surface area contributed by atoms with Crippen molar-refractivity contribution in [1.82, 2.24) is 10.2 Å². The molecule has 0 bridgehead atoms. The van der Waals surface area contributed by atoms with Crippen molar-refractivity contribution in [2.45, 2.75) is 6.92 Å². The highest BCUT2D eigenvalue weighted by Crippen LogP contribution is 2.23. The first-order valence-corrected chi connectivity index (χ1v) is 7.34. The summed E-state index contributed by atoms with van der Waals surface area (Å²) in [6, 6.07) is 13.5. The van der Waals surface area contributed by atoms with E-state index in [1.807, 2.05) is 31.2 Å². The topological polar surface area (TPSA) is 67.0 Å². The number of carbonyl (C=O) groups excluding carboxylic acids is 1. The number of rotatable bonds is 4. The van der Waals surface area contributed by atoms with Gasteiger partial charge in [0.25, 0.3) is 5.91 Å². The van der Waals surface area contributed by atoms with Crippen LogP contribution in [0.5, 0.6) is 5.75 Å². The summed E-state index contributed by atoms with van der Waals surface area (Å²) < 4.78 is 18.9. The van der Waals surface area contributed by atoms with Gasteiger partial charge in [-0.3, -0.25) is 9.89 Å². The molecule has 1 aromatic heterocycles. The number of ether oxygens (including phenoxy) is 1. The van der Waals surface area contributed by atoms with Crippen LogP contribution in [0.25, 0.3) is 11.3 Å². The maximum Gasteiger partial charge on any atom is 0.273 e. The molecule has 0 unspecified atom stereocenters. The molecule has 1 heterocycles. The molecular formula is C18H16FN3O2. The second kappa shape index (κ2) is 6.54. The quantitative estimate of drug-likeness (QED) is 0.767. The van der Waals surface area contributed by atoms with E-state index in [0.29, 0.717) is 11.4 Å². The Balaban J connectivity index is 1.82. The fourth-order valence-electron chi connectivity index (χ4n) is 2.29. The van der Waals surface area contributed by atoms with Crippen molar-refractivity contribution in [3.8, 4) is 17.0 Å². The number of H-pyrrole nitrogens is 1. The van der Waals surface area contributed by atoms with E-state index < -0.39 is 11.7 Å². The standard InChI is InChI=1S/C18H16FN3O2/c1-11-6-7-14(19)16(8-11)20-18(23)17-10-15(21-22-17)12-4-3-5-13(9-12)24-2/h3-10H,1-2H3,(H,20,23)(H,21,22). The number of amides is 1. The fourth-order valence-corrected chi connectivity index (χ4v) is 2.29. The van der Waals surface area contributed by atoms with Crippen molar-refractivity contribution in [2.24, 2.45) is 0 Å². The highest BCUT2D eigenvalue weighted by Gasteiger charge is 2.13. The van der Waals surface area contributed by atoms with Gasteiger partial charge in [0.1, 0.15) is 17.3 Å². The van der Waals surface area contributed by atoms with Crippen molar-refractivity contribution < 1.29 is 13.9 Å². The first-order chi connectivity index (χ1) is 11.6. The van der Waals surface area contributed by atoms with Gasteiger partial charge < -0.3 is 10.1 Å². The van der Waals surface area contributed by atoms with E-state index in [1.54, 1.807) is 25.3 Å². The van der Waals surface area contributed by atoms with Crippen LogP contribution < -0.4 is 10.1 Å². The predicted molar refractivity (Wildman–Crippen MR) is 89.7 cm³/mol. The number of anilines is 1. The number of methoxy groups -OCH3 is 1. The normalized spacial score (nSPS) is 10.5. The zero-order chi connectivity index (χ0) is 17.1. The number of hydrogen-bond donors (Lipinski definition) is 2. The summed E-state index contributed by atoms with van der Waals surface area (Å²) in [7, 11) is 1.58. The van der Waals surface area contributed by atoms with Crippen LogP contribution >= 0.6 is 0 Å². The van der Waals surface area contributed by atoms with Gasteiger partial charge in [-0.1, -0.05) is 18.2 Å². The van der Waals surface area contributed by atoms with E-state index in [1.165, 1.54) is 6.07 Å².